The zero-order valence-corrected chi connectivity index (χ0v) is 12.9. The largest absolute Gasteiger partial charge is 0.449 e. The van der Waals surface area contributed by atoms with Crippen molar-refractivity contribution in [2.24, 2.45) is 11.8 Å². The van der Waals surface area contributed by atoms with Gasteiger partial charge in [-0.1, -0.05) is 27.7 Å². The average molecular weight is 270 g/mol. The topological polar surface area (TPSA) is 41.6 Å². The Labute approximate surface area is 117 Å². The molecule has 0 aliphatic carbocycles. The molecule has 19 heavy (non-hydrogen) atoms. The molecule has 0 atom stereocenters. The van der Waals surface area contributed by atoms with Crippen LogP contribution in [0.15, 0.2) is 0 Å². The summed E-state index contributed by atoms with van der Waals surface area (Å²) >= 11 is 0. The SMILES string of the molecule is CC(C)CCNC1CCN(C(=O)OCC(C)C)CC1. The van der Waals surface area contributed by atoms with Crippen molar-refractivity contribution in [2.75, 3.05) is 26.2 Å². The van der Waals surface area contributed by atoms with Crippen LogP contribution in [0.2, 0.25) is 0 Å². The van der Waals surface area contributed by atoms with Crippen LogP contribution < -0.4 is 5.32 Å². The molecule has 0 aromatic rings. The summed E-state index contributed by atoms with van der Waals surface area (Å²) in [6.07, 6.45) is 3.15. The number of rotatable bonds is 6. The summed E-state index contributed by atoms with van der Waals surface area (Å²) in [5.74, 6) is 1.15. The molecule has 0 unspecified atom stereocenters. The molecule has 1 rings (SSSR count). The van der Waals surface area contributed by atoms with E-state index in [1.54, 1.807) is 0 Å². The highest BCUT2D eigenvalue weighted by atomic mass is 16.6. The summed E-state index contributed by atoms with van der Waals surface area (Å²) in [5, 5.41) is 3.58. The van der Waals surface area contributed by atoms with Crippen molar-refractivity contribution in [2.45, 2.75) is 53.0 Å². The molecule has 4 heteroatoms. The fraction of sp³-hybridized carbons (Fsp3) is 0.933. The van der Waals surface area contributed by atoms with Crippen LogP contribution in [-0.2, 0) is 4.74 Å². The number of amides is 1. The minimum atomic E-state index is -0.144. The predicted molar refractivity (Wildman–Crippen MR) is 78.2 cm³/mol. The van der Waals surface area contributed by atoms with E-state index in [0.29, 0.717) is 18.6 Å². The van der Waals surface area contributed by atoms with Gasteiger partial charge in [-0.3, -0.25) is 0 Å². The van der Waals surface area contributed by atoms with Gasteiger partial charge in [0.25, 0.3) is 0 Å². The molecule has 1 heterocycles. The maximum absolute atomic E-state index is 11.8. The lowest BCUT2D eigenvalue weighted by Crippen LogP contribution is -2.45. The van der Waals surface area contributed by atoms with Gasteiger partial charge in [-0.15, -0.1) is 0 Å². The van der Waals surface area contributed by atoms with E-state index in [2.05, 4.69) is 33.0 Å². The predicted octanol–water partition coefficient (Wildman–Crippen LogP) is 2.88. The van der Waals surface area contributed by atoms with E-state index >= 15 is 0 Å². The summed E-state index contributed by atoms with van der Waals surface area (Å²) in [6.45, 7) is 11.8. The van der Waals surface area contributed by atoms with Crippen LogP contribution in [0, 0.1) is 11.8 Å². The quantitative estimate of drug-likeness (QED) is 0.807. The van der Waals surface area contributed by atoms with Crippen LogP contribution in [-0.4, -0.2) is 43.3 Å². The molecule has 1 aliphatic heterocycles. The smallest absolute Gasteiger partial charge is 0.409 e. The van der Waals surface area contributed by atoms with Crippen molar-refractivity contribution in [3.63, 3.8) is 0 Å². The van der Waals surface area contributed by atoms with Crippen molar-refractivity contribution < 1.29 is 9.53 Å². The summed E-state index contributed by atoms with van der Waals surface area (Å²) in [4.78, 5) is 13.6. The number of piperidine rings is 1. The first kappa shape index (κ1) is 16.3. The Balaban J connectivity index is 2.15. The lowest BCUT2D eigenvalue weighted by atomic mass is 10.0. The van der Waals surface area contributed by atoms with Crippen LogP contribution in [0.1, 0.15) is 47.0 Å². The Bertz CT molecular complexity index is 259. The Kier molecular flexibility index (Phi) is 7.21. The van der Waals surface area contributed by atoms with Crippen molar-refractivity contribution in [1.29, 1.82) is 0 Å². The molecule has 1 amide bonds. The third-order valence-electron chi connectivity index (χ3n) is 3.45. The highest BCUT2D eigenvalue weighted by Gasteiger charge is 2.23. The average Bonchev–Trinajstić information content (AvgIpc) is 2.36. The number of ether oxygens (including phenoxy) is 1. The molecule has 1 aliphatic rings. The van der Waals surface area contributed by atoms with E-state index in [4.69, 9.17) is 4.74 Å². The summed E-state index contributed by atoms with van der Waals surface area (Å²) in [6, 6.07) is 0.563. The van der Waals surface area contributed by atoms with Gasteiger partial charge in [-0.25, -0.2) is 4.79 Å². The number of hydrogen-bond donors (Lipinski definition) is 1. The van der Waals surface area contributed by atoms with E-state index < -0.39 is 0 Å². The summed E-state index contributed by atoms with van der Waals surface area (Å²) in [5.41, 5.74) is 0. The third kappa shape index (κ3) is 6.81. The minimum absolute atomic E-state index is 0.144. The van der Waals surface area contributed by atoms with Gasteiger partial charge in [-0.2, -0.15) is 0 Å². The Morgan fingerprint density at radius 3 is 2.37 bits per heavy atom. The number of nitrogens with one attached hydrogen (secondary N) is 1. The molecule has 1 fully saturated rings. The van der Waals surface area contributed by atoms with Crippen LogP contribution in [0.5, 0.6) is 0 Å². The second-order valence-corrected chi connectivity index (χ2v) is 6.37. The van der Waals surface area contributed by atoms with Gasteiger partial charge in [0, 0.05) is 19.1 Å². The van der Waals surface area contributed by atoms with Crippen molar-refractivity contribution in [3.8, 4) is 0 Å². The second kappa shape index (κ2) is 8.41. The van der Waals surface area contributed by atoms with E-state index in [0.717, 1.165) is 38.4 Å². The molecule has 1 N–H and O–H groups in total. The number of likely N-dealkylation sites (tertiary alicyclic amines) is 1. The zero-order valence-electron chi connectivity index (χ0n) is 12.9. The standard InChI is InChI=1S/C15H30N2O2/c1-12(2)5-8-16-14-6-9-17(10-7-14)15(18)19-11-13(3)4/h12-14,16H,5-11H2,1-4H3. The van der Waals surface area contributed by atoms with E-state index in [9.17, 15) is 4.79 Å². The lowest BCUT2D eigenvalue weighted by molar-refractivity contribution is 0.0818. The molecule has 0 bridgehead atoms. The molecule has 0 aromatic carbocycles. The van der Waals surface area contributed by atoms with Gasteiger partial charge >= 0.3 is 6.09 Å². The molecular formula is C15H30N2O2. The Morgan fingerprint density at radius 2 is 1.84 bits per heavy atom. The summed E-state index contributed by atoms with van der Waals surface area (Å²) < 4.78 is 5.26. The van der Waals surface area contributed by atoms with Gasteiger partial charge in [0.15, 0.2) is 0 Å². The first-order valence-corrected chi connectivity index (χ1v) is 7.64. The highest BCUT2D eigenvalue weighted by molar-refractivity contribution is 5.67. The van der Waals surface area contributed by atoms with Gasteiger partial charge in [0.05, 0.1) is 6.61 Å². The van der Waals surface area contributed by atoms with Crippen molar-refractivity contribution in [3.05, 3.63) is 0 Å². The lowest BCUT2D eigenvalue weighted by Gasteiger charge is -2.32. The Hall–Kier alpha value is -0.770. The highest BCUT2D eigenvalue weighted by Crippen LogP contribution is 2.12. The fourth-order valence-corrected chi connectivity index (χ4v) is 2.17. The van der Waals surface area contributed by atoms with Crippen molar-refractivity contribution >= 4 is 6.09 Å². The van der Waals surface area contributed by atoms with Gasteiger partial charge in [0.1, 0.15) is 0 Å². The number of nitrogens with zero attached hydrogens (tertiary/aromatic N) is 1. The van der Waals surface area contributed by atoms with Crippen LogP contribution in [0.4, 0.5) is 4.79 Å². The van der Waals surface area contributed by atoms with E-state index in [1.165, 1.54) is 6.42 Å². The molecular weight excluding hydrogens is 240 g/mol. The van der Waals surface area contributed by atoms with E-state index in [1.807, 2.05) is 4.90 Å². The van der Waals surface area contributed by atoms with Crippen LogP contribution >= 0.6 is 0 Å². The first-order valence-electron chi connectivity index (χ1n) is 7.64. The molecule has 112 valence electrons. The molecule has 0 saturated carbocycles. The third-order valence-corrected chi connectivity index (χ3v) is 3.45. The molecule has 0 aromatic heterocycles. The van der Waals surface area contributed by atoms with Gasteiger partial charge in [0.2, 0.25) is 0 Å². The fourth-order valence-electron chi connectivity index (χ4n) is 2.17. The van der Waals surface area contributed by atoms with Crippen molar-refractivity contribution in [1.82, 2.24) is 10.2 Å². The van der Waals surface area contributed by atoms with Gasteiger partial charge < -0.3 is 15.0 Å². The number of hydrogen-bond acceptors (Lipinski definition) is 3. The normalized spacial score (nSPS) is 17.3. The van der Waals surface area contributed by atoms with Gasteiger partial charge in [-0.05, 0) is 37.6 Å². The molecule has 0 radical (unpaired) electrons. The van der Waals surface area contributed by atoms with Crippen LogP contribution in [0.25, 0.3) is 0 Å². The number of carbonyl (C=O) groups excluding carboxylic acids is 1. The van der Waals surface area contributed by atoms with Crippen LogP contribution in [0.3, 0.4) is 0 Å². The molecule has 4 nitrogen and oxygen atoms in total. The second-order valence-electron chi connectivity index (χ2n) is 6.37. The molecule has 1 saturated heterocycles. The minimum Gasteiger partial charge on any atom is -0.449 e. The summed E-state index contributed by atoms with van der Waals surface area (Å²) in [7, 11) is 0. The maximum Gasteiger partial charge on any atom is 0.409 e. The Morgan fingerprint density at radius 1 is 1.21 bits per heavy atom. The number of carbonyl (C=O) groups is 1. The van der Waals surface area contributed by atoms with E-state index in [-0.39, 0.29) is 6.09 Å². The molecule has 0 spiro atoms. The zero-order chi connectivity index (χ0) is 14.3. The maximum atomic E-state index is 11.8. The first-order chi connectivity index (χ1) is 8.99. The monoisotopic (exact) mass is 270 g/mol.